The van der Waals surface area contributed by atoms with Crippen LogP contribution in [0.3, 0.4) is 0 Å². The van der Waals surface area contributed by atoms with E-state index in [1.165, 1.54) is 0 Å². The molecule has 0 bridgehead atoms. The summed E-state index contributed by atoms with van der Waals surface area (Å²) in [5, 5.41) is -0.407. The van der Waals surface area contributed by atoms with Gasteiger partial charge in [-0.25, -0.2) is 8.42 Å². The zero-order valence-electron chi connectivity index (χ0n) is 9.37. The lowest BCUT2D eigenvalue weighted by Gasteiger charge is -2.26. The minimum atomic E-state index is -3.28. The predicted molar refractivity (Wildman–Crippen MR) is 66.3 cm³/mol. The molecule has 0 amide bonds. The molecule has 0 spiro atoms. The van der Waals surface area contributed by atoms with E-state index in [-0.39, 0.29) is 13.2 Å². The summed E-state index contributed by atoms with van der Waals surface area (Å²) in [7, 11) is -3.28. The largest absolute Gasteiger partial charge is 0.379 e. The number of hydrogen-bond acceptors (Lipinski definition) is 4. The van der Waals surface area contributed by atoms with E-state index in [9.17, 15) is 8.42 Å². The van der Waals surface area contributed by atoms with Gasteiger partial charge in [0.15, 0.2) is 9.84 Å². The normalized spacial score (nSPS) is 17.2. The van der Waals surface area contributed by atoms with Crippen molar-refractivity contribution < 1.29 is 13.2 Å². The molecule has 1 heterocycles. The van der Waals surface area contributed by atoms with Crippen molar-refractivity contribution in [3.05, 3.63) is 35.9 Å². The van der Waals surface area contributed by atoms with E-state index in [1.807, 2.05) is 6.07 Å². The van der Waals surface area contributed by atoms with Gasteiger partial charge in [-0.1, -0.05) is 30.4 Å². The molecule has 17 heavy (non-hydrogen) atoms. The molecule has 0 aliphatic carbocycles. The molecule has 0 aromatic heterocycles. The molecule has 1 fully saturated rings. The van der Waals surface area contributed by atoms with Crippen molar-refractivity contribution in [1.82, 2.24) is 0 Å². The van der Waals surface area contributed by atoms with Crippen LogP contribution in [0.25, 0.3) is 6.08 Å². The number of rotatable bonds is 4. The van der Waals surface area contributed by atoms with Crippen LogP contribution in [0.15, 0.2) is 35.2 Å². The zero-order chi connectivity index (χ0) is 12.3. The van der Waals surface area contributed by atoms with Crippen LogP contribution in [0.1, 0.15) is 5.56 Å². The van der Waals surface area contributed by atoms with Gasteiger partial charge in [0, 0.05) is 6.54 Å². The summed E-state index contributed by atoms with van der Waals surface area (Å²) in [4.78, 5) is 0.359. The van der Waals surface area contributed by atoms with Crippen LogP contribution in [-0.2, 0) is 14.6 Å². The molecule has 1 aromatic carbocycles. The lowest BCUT2D eigenvalue weighted by molar-refractivity contribution is 0.0416. The summed E-state index contributed by atoms with van der Waals surface area (Å²) >= 11 is 0. The van der Waals surface area contributed by atoms with Crippen molar-refractivity contribution in [2.75, 3.05) is 19.8 Å². The molecule has 1 saturated heterocycles. The second-order valence-electron chi connectivity index (χ2n) is 3.88. The minimum Gasteiger partial charge on any atom is -0.379 e. The first-order valence-corrected chi connectivity index (χ1v) is 6.98. The van der Waals surface area contributed by atoms with Crippen molar-refractivity contribution in [2.45, 2.75) is 10.1 Å². The van der Waals surface area contributed by atoms with E-state index in [0.717, 1.165) is 0 Å². The number of sulfone groups is 1. The Labute approximate surface area is 101 Å². The number of benzene rings is 1. The van der Waals surface area contributed by atoms with E-state index in [0.29, 0.717) is 17.0 Å². The molecule has 5 heteroatoms. The Morgan fingerprint density at radius 1 is 1.35 bits per heavy atom. The molecule has 1 aliphatic rings. The van der Waals surface area contributed by atoms with E-state index >= 15 is 0 Å². The van der Waals surface area contributed by atoms with Crippen LogP contribution in [0.5, 0.6) is 0 Å². The summed E-state index contributed by atoms with van der Waals surface area (Å²) in [6, 6.07) is 6.95. The van der Waals surface area contributed by atoms with Gasteiger partial charge in [-0.2, -0.15) is 0 Å². The van der Waals surface area contributed by atoms with Gasteiger partial charge >= 0.3 is 0 Å². The van der Waals surface area contributed by atoms with E-state index in [2.05, 4.69) is 0 Å². The van der Waals surface area contributed by atoms with Crippen LogP contribution in [0.2, 0.25) is 0 Å². The van der Waals surface area contributed by atoms with Crippen LogP contribution in [-0.4, -0.2) is 33.4 Å². The molecular weight excluding hydrogens is 238 g/mol. The molecule has 2 rings (SSSR count). The Morgan fingerprint density at radius 3 is 2.65 bits per heavy atom. The van der Waals surface area contributed by atoms with Crippen molar-refractivity contribution in [1.29, 1.82) is 0 Å². The minimum absolute atomic E-state index is 0.289. The molecule has 1 aliphatic heterocycles. The number of ether oxygens (including phenoxy) is 1. The third-order valence-electron chi connectivity index (χ3n) is 2.71. The highest BCUT2D eigenvalue weighted by atomic mass is 32.2. The summed E-state index contributed by atoms with van der Waals surface area (Å²) in [6.45, 7) is 0.968. The van der Waals surface area contributed by atoms with Gasteiger partial charge in [0.1, 0.15) is 5.25 Å². The van der Waals surface area contributed by atoms with Gasteiger partial charge in [0.2, 0.25) is 0 Å². The predicted octanol–water partition coefficient (Wildman–Crippen LogP) is 0.831. The zero-order valence-corrected chi connectivity index (χ0v) is 10.2. The van der Waals surface area contributed by atoms with Crippen molar-refractivity contribution in [3.63, 3.8) is 0 Å². The highest BCUT2D eigenvalue weighted by molar-refractivity contribution is 7.92. The second kappa shape index (κ2) is 5.00. The average molecular weight is 253 g/mol. The number of nitrogens with two attached hydrogens (primary N) is 1. The maximum absolute atomic E-state index is 12.3. The molecule has 0 atom stereocenters. The summed E-state index contributed by atoms with van der Waals surface area (Å²) < 4.78 is 29.5. The summed E-state index contributed by atoms with van der Waals surface area (Å²) in [6.07, 6.45) is 3.48. The van der Waals surface area contributed by atoms with Crippen molar-refractivity contribution >= 4 is 15.9 Å². The van der Waals surface area contributed by atoms with Crippen LogP contribution >= 0.6 is 0 Å². The molecule has 1 aromatic rings. The third-order valence-corrected chi connectivity index (χ3v) is 4.84. The molecule has 0 radical (unpaired) electrons. The van der Waals surface area contributed by atoms with Gasteiger partial charge in [-0.15, -0.1) is 0 Å². The van der Waals surface area contributed by atoms with Gasteiger partial charge in [0.05, 0.1) is 18.1 Å². The Bertz CT molecular complexity index is 518. The fraction of sp³-hybridized carbons (Fsp3) is 0.333. The second-order valence-corrected chi connectivity index (χ2v) is 6.08. The standard InChI is InChI=1S/C12H15NO3S/c13-7-3-5-10-4-1-2-6-12(10)17(14,15)11-8-16-9-11/h1-6,11H,7-9,13H2/b5-3+. The van der Waals surface area contributed by atoms with E-state index in [4.69, 9.17) is 10.5 Å². The monoisotopic (exact) mass is 253 g/mol. The topological polar surface area (TPSA) is 69.4 Å². The van der Waals surface area contributed by atoms with Gasteiger partial charge in [0.25, 0.3) is 0 Å². The van der Waals surface area contributed by atoms with E-state index in [1.54, 1.807) is 30.4 Å². The Kier molecular flexibility index (Phi) is 3.61. The molecular formula is C12H15NO3S. The van der Waals surface area contributed by atoms with E-state index < -0.39 is 15.1 Å². The van der Waals surface area contributed by atoms with Gasteiger partial charge < -0.3 is 10.5 Å². The van der Waals surface area contributed by atoms with Crippen molar-refractivity contribution in [2.24, 2.45) is 5.73 Å². The number of hydrogen-bond donors (Lipinski definition) is 1. The third kappa shape index (κ3) is 2.41. The van der Waals surface area contributed by atoms with Crippen LogP contribution < -0.4 is 5.73 Å². The fourth-order valence-corrected chi connectivity index (χ4v) is 3.29. The maximum atomic E-state index is 12.3. The molecule has 2 N–H and O–H groups in total. The molecule has 4 nitrogen and oxygen atoms in total. The summed E-state index contributed by atoms with van der Waals surface area (Å²) in [5.41, 5.74) is 6.06. The fourth-order valence-electron chi connectivity index (χ4n) is 1.65. The highest BCUT2D eigenvalue weighted by Crippen LogP contribution is 2.25. The maximum Gasteiger partial charge on any atom is 0.186 e. The summed E-state index contributed by atoms with van der Waals surface area (Å²) in [5.74, 6) is 0. The first-order chi connectivity index (χ1) is 8.16. The highest BCUT2D eigenvalue weighted by Gasteiger charge is 2.34. The van der Waals surface area contributed by atoms with Crippen LogP contribution in [0.4, 0.5) is 0 Å². The Morgan fingerprint density at radius 2 is 2.06 bits per heavy atom. The first-order valence-electron chi connectivity index (χ1n) is 5.43. The Balaban J connectivity index is 2.40. The smallest absolute Gasteiger partial charge is 0.186 e. The lowest BCUT2D eigenvalue weighted by Crippen LogP contribution is -2.40. The Hall–Kier alpha value is -1.17. The molecule has 0 saturated carbocycles. The SMILES string of the molecule is NC/C=C/c1ccccc1S(=O)(=O)C1COC1. The first kappa shape index (κ1) is 12.3. The van der Waals surface area contributed by atoms with Crippen molar-refractivity contribution in [3.8, 4) is 0 Å². The quantitative estimate of drug-likeness (QED) is 0.863. The average Bonchev–Trinajstić information content (AvgIpc) is 2.23. The lowest BCUT2D eigenvalue weighted by atomic mass is 10.2. The van der Waals surface area contributed by atoms with Gasteiger partial charge in [-0.3, -0.25) is 0 Å². The van der Waals surface area contributed by atoms with Crippen LogP contribution in [0, 0.1) is 0 Å². The molecule has 0 unspecified atom stereocenters. The van der Waals surface area contributed by atoms with Gasteiger partial charge in [-0.05, 0) is 11.6 Å². The molecule has 92 valence electrons.